The van der Waals surface area contributed by atoms with Gasteiger partial charge in [-0.05, 0) is 44.2 Å². The average Bonchev–Trinajstić information content (AvgIpc) is 2.44. The third kappa shape index (κ3) is 4.32. The van der Waals surface area contributed by atoms with Crippen LogP contribution in [0.3, 0.4) is 0 Å². The van der Waals surface area contributed by atoms with E-state index in [2.05, 4.69) is 33.2 Å². The zero-order valence-electron chi connectivity index (χ0n) is 11.8. The molecule has 0 radical (unpaired) electrons. The fourth-order valence-electron chi connectivity index (χ4n) is 1.82. The van der Waals surface area contributed by atoms with E-state index in [4.69, 9.17) is 4.74 Å². The van der Waals surface area contributed by atoms with E-state index in [9.17, 15) is 0 Å². The van der Waals surface area contributed by atoms with E-state index in [1.165, 1.54) is 0 Å². The first-order valence-electron chi connectivity index (χ1n) is 6.78. The molecule has 1 aromatic carbocycles. The smallest absolute Gasteiger partial charge is 0.135 e. The SMILES string of the molecule is CCCNCc1cnc(C)cc1Oc1ccc(Br)cc1. The molecule has 0 saturated heterocycles. The standard InChI is InChI=1S/C16H19BrN2O/c1-3-8-18-10-13-11-19-12(2)9-16(13)20-15-6-4-14(17)5-7-15/h4-7,9,11,18H,3,8,10H2,1-2H3. The highest BCUT2D eigenvalue weighted by atomic mass is 79.9. The van der Waals surface area contributed by atoms with Gasteiger partial charge in [0.25, 0.3) is 0 Å². The Morgan fingerprint density at radius 1 is 1.25 bits per heavy atom. The van der Waals surface area contributed by atoms with E-state index in [0.29, 0.717) is 0 Å². The first-order valence-corrected chi connectivity index (χ1v) is 7.58. The molecule has 20 heavy (non-hydrogen) atoms. The summed E-state index contributed by atoms with van der Waals surface area (Å²) in [6.07, 6.45) is 2.99. The Kier molecular flexibility index (Phi) is 5.56. The molecule has 2 rings (SSSR count). The second-order valence-corrected chi connectivity index (χ2v) is 5.58. The van der Waals surface area contributed by atoms with E-state index in [-0.39, 0.29) is 0 Å². The molecule has 0 aliphatic heterocycles. The molecule has 0 aliphatic rings. The van der Waals surface area contributed by atoms with Crippen LogP contribution in [0, 0.1) is 6.92 Å². The van der Waals surface area contributed by atoms with Gasteiger partial charge in [0.2, 0.25) is 0 Å². The summed E-state index contributed by atoms with van der Waals surface area (Å²) >= 11 is 3.42. The van der Waals surface area contributed by atoms with Gasteiger partial charge in [-0.15, -0.1) is 0 Å². The van der Waals surface area contributed by atoms with Crippen molar-refractivity contribution in [1.29, 1.82) is 0 Å². The minimum Gasteiger partial charge on any atom is -0.457 e. The van der Waals surface area contributed by atoms with Gasteiger partial charge in [0, 0.05) is 34.5 Å². The van der Waals surface area contributed by atoms with Gasteiger partial charge >= 0.3 is 0 Å². The predicted octanol–water partition coefficient (Wildman–Crippen LogP) is 4.44. The molecule has 0 saturated carbocycles. The topological polar surface area (TPSA) is 34.2 Å². The van der Waals surface area contributed by atoms with Gasteiger partial charge in [-0.3, -0.25) is 4.98 Å². The Labute approximate surface area is 128 Å². The van der Waals surface area contributed by atoms with Crippen LogP contribution < -0.4 is 10.1 Å². The van der Waals surface area contributed by atoms with Crippen LogP contribution in [0.15, 0.2) is 41.0 Å². The van der Waals surface area contributed by atoms with Crippen molar-refractivity contribution in [2.24, 2.45) is 0 Å². The zero-order chi connectivity index (χ0) is 14.4. The van der Waals surface area contributed by atoms with Crippen molar-refractivity contribution in [3.05, 3.63) is 52.3 Å². The molecular weight excluding hydrogens is 316 g/mol. The number of hydrogen-bond donors (Lipinski definition) is 1. The number of rotatable bonds is 6. The van der Waals surface area contributed by atoms with Crippen LogP contribution >= 0.6 is 15.9 Å². The van der Waals surface area contributed by atoms with Crippen LogP contribution in [0.4, 0.5) is 0 Å². The highest BCUT2D eigenvalue weighted by Gasteiger charge is 2.06. The Hall–Kier alpha value is -1.39. The summed E-state index contributed by atoms with van der Waals surface area (Å²) in [7, 11) is 0. The summed E-state index contributed by atoms with van der Waals surface area (Å²) in [5.74, 6) is 1.69. The molecule has 1 aromatic heterocycles. The Morgan fingerprint density at radius 2 is 2.00 bits per heavy atom. The Morgan fingerprint density at radius 3 is 2.70 bits per heavy atom. The number of aromatic nitrogens is 1. The monoisotopic (exact) mass is 334 g/mol. The molecular formula is C16H19BrN2O. The highest BCUT2D eigenvalue weighted by molar-refractivity contribution is 9.10. The normalized spacial score (nSPS) is 10.6. The van der Waals surface area contributed by atoms with Crippen molar-refractivity contribution in [1.82, 2.24) is 10.3 Å². The summed E-state index contributed by atoms with van der Waals surface area (Å²) < 4.78 is 7.02. The molecule has 2 aromatic rings. The zero-order valence-corrected chi connectivity index (χ0v) is 13.4. The van der Waals surface area contributed by atoms with Crippen LogP contribution in [0.25, 0.3) is 0 Å². The van der Waals surface area contributed by atoms with Crippen LogP contribution in [0.2, 0.25) is 0 Å². The number of hydrogen-bond acceptors (Lipinski definition) is 3. The number of benzene rings is 1. The number of ether oxygens (including phenoxy) is 1. The fraction of sp³-hybridized carbons (Fsp3) is 0.312. The lowest BCUT2D eigenvalue weighted by molar-refractivity contribution is 0.471. The van der Waals surface area contributed by atoms with Gasteiger partial charge in [-0.2, -0.15) is 0 Å². The van der Waals surface area contributed by atoms with Crippen molar-refractivity contribution in [3.63, 3.8) is 0 Å². The maximum Gasteiger partial charge on any atom is 0.135 e. The summed E-state index contributed by atoms with van der Waals surface area (Å²) in [5, 5.41) is 3.38. The van der Waals surface area contributed by atoms with Crippen LogP contribution in [-0.4, -0.2) is 11.5 Å². The second kappa shape index (κ2) is 7.41. The quantitative estimate of drug-likeness (QED) is 0.792. The van der Waals surface area contributed by atoms with Gasteiger partial charge in [0.15, 0.2) is 0 Å². The van der Waals surface area contributed by atoms with Crippen molar-refractivity contribution in [2.45, 2.75) is 26.8 Å². The molecule has 0 unspecified atom stereocenters. The largest absolute Gasteiger partial charge is 0.457 e. The minimum atomic E-state index is 0.771. The fourth-order valence-corrected chi connectivity index (χ4v) is 2.08. The van der Waals surface area contributed by atoms with Crippen molar-refractivity contribution < 1.29 is 4.74 Å². The number of nitrogens with zero attached hydrogens (tertiary/aromatic N) is 1. The minimum absolute atomic E-state index is 0.771. The molecule has 0 aliphatic carbocycles. The second-order valence-electron chi connectivity index (χ2n) is 4.67. The van der Waals surface area contributed by atoms with E-state index in [1.54, 1.807) is 0 Å². The average molecular weight is 335 g/mol. The third-order valence-electron chi connectivity index (χ3n) is 2.86. The van der Waals surface area contributed by atoms with Crippen LogP contribution in [0.5, 0.6) is 11.5 Å². The molecule has 0 fully saturated rings. The summed E-state index contributed by atoms with van der Waals surface area (Å²) in [5.41, 5.74) is 2.03. The van der Waals surface area contributed by atoms with E-state index >= 15 is 0 Å². The Balaban J connectivity index is 2.15. The molecule has 0 bridgehead atoms. The lowest BCUT2D eigenvalue weighted by Gasteiger charge is -2.12. The predicted molar refractivity (Wildman–Crippen MR) is 85.2 cm³/mol. The van der Waals surface area contributed by atoms with Crippen molar-refractivity contribution in [2.75, 3.05) is 6.54 Å². The summed E-state index contributed by atoms with van der Waals surface area (Å²) in [6, 6.07) is 9.81. The van der Waals surface area contributed by atoms with E-state index in [1.807, 2.05) is 43.5 Å². The van der Waals surface area contributed by atoms with Crippen molar-refractivity contribution in [3.8, 4) is 11.5 Å². The summed E-state index contributed by atoms with van der Waals surface area (Å²) in [4.78, 5) is 4.35. The molecule has 0 spiro atoms. The lowest BCUT2D eigenvalue weighted by Crippen LogP contribution is -2.14. The van der Waals surface area contributed by atoms with Gasteiger partial charge < -0.3 is 10.1 Å². The number of aryl methyl sites for hydroxylation is 1. The van der Waals surface area contributed by atoms with Gasteiger partial charge in [-0.25, -0.2) is 0 Å². The summed E-state index contributed by atoms with van der Waals surface area (Å²) in [6.45, 7) is 5.88. The molecule has 0 atom stereocenters. The molecule has 1 heterocycles. The molecule has 1 N–H and O–H groups in total. The molecule has 106 valence electrons. The maximum atomic E-state index is 5.98. The lowest BCUT2D eigenvalue weighted by atomic mass is 10.2. The number of nitrogens with one attached hydrogen (secondary N) is 1. The van der Waals surface area contributed by atoms with Crippen LogP contribution in [-0.2, 0) is 6.54 Å². The number of pyridine rings is 1. The van der Waals surface area contributed by atoms with Crippen LogP contribution in [0.1, 0.15) is 24.6 Å². The first-order chi connectivity index (χ1) is 9.69. The van der Waals surface area contributed by atoms with Gasteiger partial charge in [0.05, 0.1) is 0 Å². The maximum absolute atomic E-state index is 5.98. The molecule has 0 amide bonds. The number of halogens is 1. The first kappa shape index (κ1) is 15.0. The third-order valence-corrected chi connectivity index (χ3v) is 3.39. The van der Waals surface area contributed by atoms with E-state index < -0.39 is 0 Å². The Bertz CT molecular complexity index is 555. The highest BCUT2D eigenvalue weighted by Crippen LogP contribution is 2.26. The molecule has 3 nitrogen and oxygen atoms in total. The van der Waals surface area contributed by atoms with Crippen molar-refractivity contribution >= 4 is 15.9 Å². The van der Waals surface area contributed by atoms with Gasteiger partial charge in [0.1, 0.15) is 11.5 Å². The van der Waals surface area contributed by atoms with Gasteiger partial charge in [-0.1, -0.05) is 22.9 Å². The molecule has 4 heteroatoms. The van der Waals surface area contributed by atoms with E-state index in [0.717, 1.165) is 46.7 Å².